The van der Waals surface area contributed by atoms with E-state index < -0.39 is 0 Å². The summed E-state index contributed by atoms with van der Waals surface area (Å²) in [5.41, 5.74) is 5.37. The van der Waals surface area contributed by atoms with Crippen LogP contribution in [0.3, 0.4) is 0 Å². The first-order valence-corrected chi connectivity index (χ1v) is 5.06. The van der Waals surface area contributed by atoms with Crippen LogP contribution >= 0.6 is 0 Å². The first kappa shape index (κ1) is 10.3. The van der Waals surface area contributed by atoms with Crippen molar-refractivity contribution in [3.8, 4) is 0 Å². The molecule has 0 aromatic carbocycles. The predicted octanol–water partition coefficient (Wildman–Crippen LogP) is 0.254. The first-order chi connectivity index (χ1) is 7.22. The zero-order valence-electron chi connectivity index (χ0n) is 8.75. The normalized spacial score (nSPS) is 18.5. The van der Waals surface area contributed by atoms with E-state index in [-0.39, 0.29) is 17.7 Å². The van der Waals surface area contributed by atoms with Crippen molar-refractivity contribution in [2.24, 2.45) is 5.73 Å². The third-order valence-corrected chi connectivity index (χ3v) is 3.08. The van der Waals surface area contributed by atoms with Gasteiger partial charge in [-0.1, -0.05) is 0 Å². The number of methoxy groups -OCH3 is 1. The second-order valence-electron chi connectivity index (χ2n) is 3.84. The van der Waals surface area contributed by atoms with E-state index in [2.05, 4.69) is 9.97 Å². The van der Waals surface area contributed by atoms with Crippen molar-refractivity contribution in [2.45, 2.75) is 31.4 Å². The number of hydrogen-bond acceptors (Lipinski definition) is 4. The molecule has 0 spiro atoms. The lowest BCUT2D eigenvalue weighted by molar-refractivity contribution is -0.0848. The highest BCUT2D eigenvalue weighted by molar-refractivity contribution is 5.12. The van der Waals surface area contributed by atoms with Gasteiger partial charge in [0.2, 0.25) is 0 Å². The number of rotatable bonds is 3. The molecule has 1 aromatic rings. The van der Waals surface area contributed by atoms with E-state index >= 15 is 0 Å². The molecule has 0 unspecified atom stereocenters. The summed E-state index contributed by atoms with van der Waals surface area (Å²) in [6, 6.07) is 0. The molecule has 3 N–H and O–H groups in total. The van der Waals surface area contributed by atoms with Crippen molar-refractivity contribution in [3.05, 3.63) is 27.9 Å². The van der Waals surface area contributed by atoms with Gasteiger partial charge in [-0.3, -0.25) is 4.79 Å². The van der Waals surface area contributed by atoms with E-state index in [9.17, 15) is 4.79 Å². The molecular weight excluding hydrogens is 194 g/mol. The topological polar surface area (TPSA) is 81.0 Å². The Balaban J connectivity index is 2.37. The number of H-pyrrole nitrogens is 1. The van der Waals surface area contributed by atoms with Gasteiger partial charge in [0.05, 0.1) is 0 Å². The van der Waals surface area contributed by atoms with Crippen molar-refractivity contribution in [1.29, 1.82) is 0 Å². The molecule has 1 saturated carbocycles. The fourth-order valence-electron chi connectivity index (χ4n) is 1.83. The third-order valence-electron chi connectivity index (χ3n) is 3.08. The second-order valence-corrected chi connectivity index (χ2v) is 3.84. The van der Waals surface area contributed by atoms with Crippen LogP contribution in [0.1, 0.15) is 30.7 Å². The van der Waals surface area contributed by atoms with E-state index in [1.807, 2.05) is 0 Å². The average molecular weight is 209 g/mol. The number of ether oxygens (including phenoxy) is 1. The SMILES string of the molecule is COC1(c2ncc(CN)c(=O)[nH]2)CCC1. The molecule has 1 aliphatic carbocycles. The van der Waals surface area contributed by atoms with Gasteiger partial charge in [0.1, 0.15) is 11.4 Å². The predicted molar refractivity (Wildman–Crippen MR) is 55.3 cm³/mol. The Morgan fingerprint density at radius 1 is 1.67 bits per heavy atom. The lowest BCUT2D eigenvalue weighted by atomic mass is 9.79. The lowest BCUT2D eigenvalue weighted by Crippen LogP contribution is -2.39. The summed E-state index contributed by atoms with van der Waals surface area (Å²) in [6.07, 6.45) is 4.46. The summed E-state index contributed by atoms with van der Waals surface area (Å²) in [4.78, 5) is 18.5. The number of aromatic nitrogens is 2. The molecular formula is C10H15N3O2. The number of nitrogens with zero attached hydrogens (tertiary/aromatic N) is 1. The maximum Gasteiger partial charge on any atom is 0.255 e. The van der Waals surface area contributed by atoms with Crippen LogP contribution in [-0.2, 0) is 16.9 Å². The molecule has 1 fully saturated rings. The van der Waals surface area contributed by atoms with Crippen LogP contribution in [-0.4, -0.2) is 17.1 Å². The summed E-state index contributed by atoms with van der Waals surface area (Å²) >= 11 is 0. The van der Waals surface area contributed by atoms with Crippen molar-refractivity contribution in [1.82, 2.24) is 9.97 Å². The van der Waals surface area contributed by atoms with Crippen molar-refractivity contribution in [3.63, 3.8) is 0 Å². The van der Waals surface area contributed by atoms with Gasteiger partial charge in [-0.25, -0.2) is 4.98 Å². The van der Waals surface area contributed by atoms with Crippen molar-refractivity contribution < 1.29 is 4.74 Å². The first-order valence-electron chi connectivity index (χ1n) is 5.06. The minimum absolute atomic E-state index is 0.161. The van der Waals surface area contributed by atoms with E-state index in [4.69, 9.17) is 10.5 Å². The van der Waals surface area contributed by atoms with Gasteiger partial charge in [0, 0.05) is 25.4 Å². The molecule has 0 radical (unpaired) electrons. The Morgan fingerprint density at radius 3 is 2.80 bits per heavy atom. The highest BCUT2D eigenvalue weighted by atomic mass is 16.5. The molecule has 15 heavy (non-hydrogen) atoms. The minimum atomic E-state index is -0.369. The summed E-state index contributed by atoms with van der Waals surface area (Å²) in [5.74, 6) is 0.624. The molecule has 1 aliphatic rings. The van der Waals surface area contributed by atoms with Crippen molar-refractivity contribution >= 4 is 0 Å². The monoisotopic (exact) mass is 209 g/mol. The maximum atomic E-state index is 11.5. The van der Waals surface area contributed by atoms with Crippen LogP contribution in [0.25, 0.3) is 0 Å². The molecule has 1 heterocycles. The van der Waals surface area contributed by atoms with Crippen LogP contribution in [0.2, 0.25) is 0 Å². The molecule has 0 aliphatic heterocycles. The fourth-order valence-corrected chi connectivity index (χ4v) is 1.83. The van der Waals surface area contributed by atoms with E-state index in [0.29, 0.717) is 11.4 Å². The lowest BCUT2D eigenvalue weighted by Gasteiger charge is -2.39. The Morgan fingerprint density at radius 2 is 2.40 bits per heavy atom. The van der Waals surface area contributed by atoms with Crippen LogP contribution in [0.5, 0.6) is 0 Å². The zero-order valence-corrected chi connectivity index (χ0v) is 8.75. The van der Waals surface area contributed by atoms with Crippen LogP contribution in [0.4, 0.5) is 0 Å². The fraction of sp³-hybridized carbons (Fsp3) is 0.600. The van der Waals surface area contributed by atoms with Gasteiger partial charge in [0.25, 0.3) is 5.56 Å². The van der Waals surface area contributed by atoms with Gasteiger partial charge >= 0.3 is 0 Å². The number of nitrogens with two attached hydrogens (primary N) is 1. The molecule has 2 rings (SSSR count). The molecule has 1 aromatic heterocycles. The molecule has 0 atom stereocenters. The van der Waals surface area contributed by atoms with Crippen LogP contribution in [0.15, 0.2) is 11.0 Å². The Bertz CT molecular complexity index is 404. The highest BCUT2D eigenvalue weighted by Crippen LogP contribution is 2.41. The van der Waals surface area contributed by atoms with Gasteiger partial charge in [-0.05, 0) is 19.3 Å². The summed E-state index contributed by atoms with van der Waals surface area (Å²) in [5, 5.41) is 0. The van der Waals surface area contributed by atoms with E-state index in [1.54, 1.807) is 7.11 Å². The Labute approximate surface area is 87.7 Å². The third kappa shape index (κ3) is 1.57. The second kappa shape index (κ2) is 3.75. The number of aromatic amines is 1. The summed E-state index contributed by atoms with van der Waals surface area (Å²) < 4.78 is 5.42. The molecule has 5 nitrogen and oxygen atoms in total. The summed E-state index contributed by atoms with van der Waals surface area (Å²) in [6.45, 7) is 0.211. The molecule has 0 bridgehead atoms. The number of hydrogen-bond donors (Lipinski definition) is 2. The van der Waals surface area contributed by atoms with E-state index in [0.717, 1.165) is 19.3 Å². The number of nitrogens with one attached hydrogen (secondary N) is 1. The molecule has 0 saturated heterocycles. The zero-order chi connectivity index (χ0) is 10.9. The average Bonchev–Trinajstić information content (AvgIpc) is 2.17. The van der Waals surface area contributed by atoms with E-state index in [1.165, 1.54) is 6.20 Å². The highest BCUT2D eigenvalue weighted by Gasteiger charge is 2.41. The van der Waals surface area contributed by atoms with Gasteiger partial charge in [-0.2, -0.15) is 0 Å². The Kier molecular flexibility index (Phi) is 2.58. The minimum Gasteiger partial charge on any atom is -0.370 e. The van der Waals surface area contributed by atoms with Gasteiger partial charge in [0.15, 0.2) is 0 Å². The van der Waals surface area contributed by atoms with Crippen molar-refractivity contribution in [2.75, 3.05) is 7.11 Å². The Hall–Kier alpha value is -1.20. The molecule has 82 valence electrons. The smallest absolute Gasteiger partial charge is 0.255 e. The largest absolute Gasteiger partial charge is 0.370 e. The standard InChI is InChI=1S/C10H15N3O2/c1-15-10(3-2-4-10)9-12-6-7(5-11)8(14)13-9/h6H,2-5,11H2,1H3,(H,12,13,14). The van der Waals surface area contributed by atoms with Gasteiger partial charge < -0.3 is 15.5 Å². The maximum absolute atomic E-state index is 11.5. The van der Waals surface area contributed by atoms with Crippen LogP contribution in [0, 0.1) is 0 Å². The summed E-state index contributed by atoms with van der Waals surface area (Å²) in [7, 11) is 1.65. The van der Waals surface area contributed by atoms with Gasteiger partial charge in [-0.15, -0.1) is 0 Å². The van der Waals surface area contributed by atoms with Crippen LogP contribution < -0.4 is 11.3 Å². The molecule has 5 heteroatoms. The molecule has 0 amide bonds. The quantitative estimate of drug-likeness (QED) is 0.748.